The lowest BCUT2D eigenvalue weighted by Crippen LogP contribution is -2.26. The molecule has 1 aromatic heterocycles. The molecule has 0 bridgehead atoms. The second-order valence-electron chi connectivity index (χ2n) is 6.10. The number of methoxy groups -OCH3 is 1. The fourth-order valence-electron chi connectivity index (χ4n) is 2.60. The molecule has 0 saturated carbocycles. The van der Waals surface area contributed by atoms with Gasteiger partial charge in [0.2, 0.25) is 5.95 Å². The molecular formula is C21H21ClN4O2. The molecule has 3 rings (SSSR count). The van der Waals surface area contributed by atoms with Crippen LogP contribution in [-0.4, -0.2) is 29.5 Å². The van der Waals surface area contributed by atoms with Crippen LogP contribution in [0.5, 0.6) is 5.75 Å². The van der Waals surface area contributed by atoms with Gasteiger partial charge in [0.25, 0.3) is 5.91 Å². The van der Waals surface area contributed by atoms with Crippen molar-refractivity contribution >= 4 is 23.5 Å². The molecule has 1 amide bonds. The van der Waals surface area contributed by atoms with Crippen LogP contribution in [0.15, 0.2) is 60.8 Å². The van der Waals surface area contributed by atoms with Gasteiger partial charge in [-0.25, -0.2) is 9.97 Å². The highest BCUT2D eigenvalue weighted by Crippen LogP contribution is 2.13. The highest BCUT2D eigenvalue weighted by molar-refractivity contribution is 6.30. The first-order valence-electron chi connectivity index (χ1n) is 8.86. The minimum atomic E-state index is -0.239. The van der Waals surface area contributed by atoms with E-state index in [1.54, 1.807) is 19.4 Å². The first-order valence-corrected chi connectivity index (χ1v) is 9.24. The minimum absolute atomic E-state index is 0.239. The summed E-state index contributed by atoms with van der Waals surface area (Å²) in [6, 6.07) is 16.9. The summed E-state index contributed by atoms with van der Waals surface area (Å²) < 4.78 is 5.14. The van der Waals surface area contributed by atoms with Gasteiger partial charge in [-0.15, -0.1) is 0 Å². The highest BCUT2D eigenvalue weighted by atomic mass is 35.5. The Morgan fingerprint density at radius 3 is 2.68 bits per heavy atom. The number of benzene rings is 2. The van der Waals surface area contributed by atoms with Crippen LogP contribution in [0.2, 0.25) is 5.02 Å². The number of hydrogen-bond donors (Lipinski definition) is 2. The third-order valence-electron chi connectivity index (χ3n) is 4.09. The fourth-order valence-corrected chi connectivity index (χ4v) is 2.81. The molecule has 7 heteroatoms. The zero-order valence-corrected chi connectivity index (χ0v) is 16.2. The van der Waals surface area contributed by atoms with E-state index in [4.69, 9.17) is 16.3 Å². The van der Waals surface area contributed by atoms with Gasteiger partial charge in [-0.3, -0.25) is 4.79 Å². The van der Waals surface area contributed by atoms with Crippen molar-refractivity contribution in [2.75, 3.05) is 19.0 Å². The molecule has 0 aliphatic rings. The van der Waals surface area contributed by atoms with E-state index in [1.807, 2.05) is 48.5 Å². The van der Waals surface area contributed by atoms with Crippen LogP contribution in [0.4, 0.5) is 5.95 Å². The summed E-state index contributed by atoms with van der Waals surface area (Å²) >= 11 is 5.97. The van der Waals surface area contributed by atoms with Crippen molar-refractivity contribution in [1.82, 2.24) is 15.3 Å². The number of nitrogens with zero attached hydrogens (tertiary/aromatic N) is 2. The Balaban J connectivity index is 1.52. The van der Waals surface area contributed by atoms with Crippen LogP contribution in [0, 0.1) is 0 Å². The van der Waals surface area contributed by atoms with E-state index in [2.05, 4.69) is 20.6 Å². The zero-order chi connectivity index (χ0) is 19.8. The molecule has 28 heavy (non-hydrogen) atoms. The minimum Gasteiger partial charge on any atom is -0.497 e. The molecule has 0 spiro atoms. The Bertz CT molecular complexity index is 932. The van der Waals surface area contributed by atoms with Gasteiger partial charge in [-0.05, 0) is 47.9 Å². The van der Waals surface area contributed by atoms with Gasteiger partial charge in [0.15, 0.2) is 0 Å². The lowest BCUT2D eigenvalue weighted by Gasteiger charge is -2.08. The van der Waals surface area contributed by atoms with Crippen LogP contribution in [0.3, 0.4) is 0 Å². The van der Waals surface area contributed by atoms with Crippen molar-refractivity contribution in [3.05, 3.63) is 82.6 Å². The van der Waals surface area contributed by atoms with E-state index in [9.17, 15) is 4.79 Å². The van der Waals surface area contributed by atoms with Crippen LogP contribution in [-0.2, 0) is 13.0 Å². The smallest absolute Gasteiger partial charge is 0.270 e. The van der Waals surface area contributed by atoms with Gasteiger partial charge in [0.05, 0.1) is 7.11 Å². The monoisotopic (exact) mass is 396 g/mol. The molecule has 0 atom stereocenters. The quantitative estimate of drug-likeness (QED) is 0.606. The Morgan fingerprint density at radius 2 is 1.93 bits per heavy atom. The predicted octanol–water partition coefficient (Wildman–Crippen LogP) is 3.72. The number of carbonyl (C=O) groups is 1. The molecule has 0 saturated heterocycles. The summed E-state index contributed by atoms with van der Waals surface area (Å²) in [5.41, 5.74) is 2.44. The van der Waals surface area contributed by atoms with Crippen molar-refractivity contribution in [3.8, 4) is 5.75 Å². The standard InChI is InChI=1S/C21H21ClN4O2/c1-28-18-7-5-16(6-8-18)14-25-21-24-12-10-19(26-21)20(27)23-11-9-15-3-2-4-17(22)13-15/h2-8,10,12-13H,9,11,14H2,1H3,(H,23,27)(H,24,25,26). The summed E-state index contributed by atoms with van der Waals surface area (Å²) in [4.78, 5) is 20.8. The molecule has 3 aromatic rings. The zero-order valence-electron chi connectivity index (χ0n) is 15.5. The van der Waals surface area contributed by atoms with Gasteiger partial charge >= 0.3 is 0 Å². The molecular weight excluding hydrogens is 376 g/mol. The number of rotatable bonds is 8. The van der Waals surface area contributed by atoms with E-state index in [-0.39, 0.29) is 5.91 Å². The van der Waals surface area contributed by atoms with Gasteiger partial charge in [-0.1, -0.05) is 35.9 Å². The van der Waals surface area contributed by atoms with Crippen molar-refractivity contribution < 1.29 is 9.53 Å². The summed E-state index contributed by atoms with van der Waals surface area (Å²) in [5, 5.41) is 6.68. The van der Waals surface area contributed by atoms with E-state index in [0.29, 0.717) is 36.2 Å². The number of ether oxygens (including phenoxy) is 1. The number of aromatic nitrogens is 2. The second-order valence-corrected chi connectivity index (χ2v) is 6.54. The number of anilines is 1. The molecule has 0 fully saturated rings. The third-order valence-corrected chi connectivity index (χ3v) is 4.32. The largest absolute Gasteiger partial charge is 0.497 e. The molecule has 0 unspecified atom stereocenters. The van der Waals surface area contributed by atoms with Crippen molar-refractivity contribution in [2.45, 2.75) is 13.0 Å². The van der Waals surface area contributed by atoms with E-state index in [1.165, 1.54) is 0 Å². The number of hydrogen-bond acceptors (Lipinski definition) is 5. The Morgan fingerprint density at radius 1 is 1.11 bits per heavy atom. The third kappa shape index (κ3) is 5.69. The number of amides is 1. The van der Waals surface area contributed by atoms with Crippen molar-refractivity contribution in [1.29, 1.82) is 0 Å². The summed E-state index contributed by atoms with van der Waals surface area (Å²) in [6.07, 6.45) is 2.26. The van der Waals surface area contributed by atoms with Crippen molar-refractivity contribution in [2.24, 2.45) is 0 Å². The number of nitrogens with one attached hydrogen (secondary N) is 2. The molecule has 6 nitrogen and oxygen atoms in total. The van der Waals surface area contributed by atoms with Gasteiger partial charge < -0.3 is 15.4 Å². The topological polar surface area (TPSA) is 76.1 Å². The summed E-state index contributed by atoms with van der Waals surface area (Å²) in [5.74, 6) is 0.965. The molecule has 144 valence electrons. The summed E-state index contributed by atoms with van der Waals surface area (Å²) in [7, 11) is 1.63. The Hall–Kier alpha value is -3.12. The van der Waals surface area contributed by atoms with Crippen LogP contribution in [0.25, 0.3) is 0 Å². The van der Waals surface area contributed by atoms with Crippen LogP contribution >= 0.6 is 11.6 Å². The maximum absolute atomic E-state index is 12.3. The first kappa shape index (κ1) is 19.6. The molecule has 1 heterocycles. The maximum Gasteiger partial charge on any atom is 0.270 e. The van der Waals surface area contributed by atoms with Gasteiger partial charge in [0.1, 0.15) is 11.4 Å². The lowest BCUT2D eigenvalue weighted by atomic mass is 10.1. The maximum atomic E-state index is 12.3. The van der Waals surface area contributed by atoms with Gasteiger partial charge in [-0.2, -0.15) is 0 Å². The summed E-state index contributed by atoms with van der Waals surface area (Å²) in [6.45, 7) is 1.04. The molecule has 0 radical (unpaired) electrons. The Kier molecular flexibility index (Phi) is 6.81. The number of carbonyl (C=O) groups excluding carboxylic acids is 1. The average Bonchev–Trinajstić information content (AvgIpc) is 2.73. The average molecular weight is 397 g/mol. The molecule has 2 N–H and O–H groups in total. The van der Waals surface area contributed by atoms with Crippen molar-refractivity contribution in [3.63, 3.8) is 0 Å². The normalized spacial score (nSPS) is 10.4. The predicted molar refractivity (Wildman–Crippen MR) is 110 cm³/mol. The number of halogens is 1. The van der Waals surface area contributed by atoms with Crippen LogP contribution < -0.4 is 15.4 Å². The Labute approximate surface area is 168 Å². The van der Waals surface area contributed by atoms with E-state index in [0.717, 1.165) is 16.9 Å². The molecule has 0 aliphatic heterocycles. The highest BCUT2D eigenvalue weighted by Gasteiger charge is 2.08. The second kappa shape index (κ2) is 9.71. The molecule has 2 aromatic carbocycles. The fraction of sp³-hybridized carbons (Fsp3) is 0.190. The van der Waals surface area contributed by atoms with E-state index >= 15 is 0 Å². The SMILES string of the molecule is COc1ccc(CNc2nccc(C(=O)NCCc3cccc(Cl)c3)n2)cc1. The van der Waals surface area contributed by atoms with Gasteiger partial charge in [0, 0.05) is 24.3 Å². The first-order chi connectivity index (χ1) is 13.6. The molecule has 0 aliphatic carbocycles. The lowest BCUT2D eigenvalue weighted by molar-refractivity contribution is 0.0949. The van der Waals surface area contributed by atoms with Crippen LogP contribution in [0.1, 0.15) is 21.6 Å². The van der Waals surface area contributed by atoms with E-state index < -0.39 is 0 Å².